The van der Waals surface area contributed by atoms with Gasteiger partial charge in [-0.15, -0.1) is 0 Å². The van der Waals surface area contributed by atoms with Crippen LogP contribution in [-0.2, 0) is 4.74 Å². The van der Waals surface area contributed by atoms with E-state index in [9.17, 15) is 0 Å². The molecule has 1 rings (SSSR count). The molecule has 0 radical (unpaired) electrons. The third kappa shape index (κ3) is 5.25. The molecule has 1 heterocycles. The van der Waals surface area contributed by atoms with E-state index in [1.807, 2.05) is 0 Å². The van der Waals surface area contributed by atoms with Gasteiger partial charge in [0.15, 0.2) is 0 Å². The lowest BCUT2D eigenvalue weighted by Crippen LogP contribution is -2.49. The highest BCUT2D eigenvalue weighted by Gasteiger charge is 2.22. The molecule has 0 aromatic rings. The van der Waals surface area contributed by atoms with Crippen molar-refractivity contribution in [2.45, 2.75) is 71.1 Å². The normalized spacial score (nSPS) is 24.2. The Bertz CT molecular complexity index is 205. The SMILES string of the molecule is CCCNC(CC)C(C)N(C)CC1CCCCO1. The molecular formula is C15H32N2O. The minimum absolute atomic E-state index is 0.454. The minimum Gasteiger partial charge on any atom is -0.377 e. The molecule has 1 aliphatic heterocycles. The Kier molecular flexibility index (Phi) is 7.87. The van der Waals surface area contributed by atoms with Crippen LogP contribution in [0.25, 0.3) is 0 Å². The Morgan fingerprint density at radius 1 is 1.33 bits per heavy atom. The average molecular weight is 256 g/mol. The number of hydrogen-bond acceptors (Lipinski definition) is 3. The minimum atomic E-state index is 0.454. The van der Waals surface area contributed by atoms with Crippen LogP contribution in [-0.4, -0.2) is 49.8 Å². The maximum atomic E-state index is 5.83. The summed E-state index contributed by atoms with van der Waals surface area (Å²) < 4.78 is 5.83. The molecule has 0 aromatic heterocycles. The van der Waals surface area contributed by atoms with Gasteiger partial charge in [-0.25, -0.2) is 0 Å². The van der Waals surface area contributed by atoms with Crippen LogP contribution in [0.15, 0.2) is 0 Å². The van der Waals surface area contributed by atoms with E-state index in [-0.39, 0.29) is 0 Å². The van der Waals surface area contributed by atoms with Crippen molar-refractivity contribution in [2.75, 3.05) is 26.7 Å². The van der Waals surface area contributed by atoms with Gasteiger partial charge in [0.25, 0.3) is 0 Å². The predicted octanol–water partition coefficient (Wildman–Crippen LogP) is 2.65. The molecule has 108 valence electrons. The monoisotopic (exact) mass is 256 g/mol. The summed E-state index contributed by atoms with van der Waals surface area (Å²) in [6, 6.07) is 1.17. The maximum absolute atomic E-state index is 5.83. The molecule has 18 heavy (non-hydrogen) atoms. The number of ether oxygens (including phenoxy) is 1. The second-order valence-electron chi connectivity index (χ2n) is 5.64. The zero-order chi connectivity index (χ0) is 13.4. The van der Waals surface area contributed by atoms with E-state index < -0.39 is 0 Å². The van der Waals surface area contributed by atoms with Crippen LogP contribution < -0.4 is 5.32 Å². The number of rotatable bonds is 8. The summed E-state index contributed by atoms with van der Waals surface area (Å²) in [5.41, 5.74) is 0. The van der Waals surface area contributed by atoms with Gasteiger partial charge in [-0.3, -0.25) is 4.90 Å². The van der Waals surface area contributed by atoms with Gasteiger partial charge in [0.05, 0.1) is 6.10 Å². The van der Waals surface area contributed by atoms with Gasteiger partial charge < -0.3 is 10.1 Å². The molecule has 3 atom stereocenters. The Morgan fingerprint density at radius 2 is 2.11 bits per heavy atom. The van der Waals surface area contributed by atoms with Crippen LogP contribution in [0.4, 0.5) is 0 Å². The van der Waals surface area contributed by atoms with Gasteiger partial charge in [-0.05, 0) is 52.6 Å². The largest absolute Gasteiger partial charge is 0.377 e. The van der Waals surface area contributed by atoms with E-state index in [1.54, 1.807) is 0 Å². The highest BCUT2D eigenvalue weighted by Crippen LogP contribution is 2.15. The molecule has 0 amide bonds. The van der Waals surface area contributed by atoms with Crippen LogP contribution in [0.2, 0.25) is 0 Å². The van der Waals surface area contributed by atoms with Crippen molar-refractivity contribution < 1.29 is 4.74 Å². The van der Waals surface area contributed by atoms with E-state index in [0.29, 0.717) is 18.2 Å². The van der Waals surface area contributed by atoms with Gasteiger partial charge in [0.2, 0.25) is 0 Å². The van der Waals surface area contributed by atoms with Gasteiger partial charge in [-0.2, -0.15) is 0 Å². The fraction of sp³-hybridized carbons (Fsp3) is 1.00. The van der Waals surface area contributed by atoms with Gasteiger partial charge in [-0.1, -0.05) is 13.8 Å². The maximum Gasteiger partial charge on any atom is 0.0702 e. The number of nitrogens with zero attached hydrogens (tertiary/aromatic N) is 1. The van der Waals surface area contributed by atoms with Crippen LogP contribution >= 0.6 is 0 Å². The molecule has 3 heteroatoms. The molecule has 0 aromatic carbocycles. The first-order valence-electron chi connectivity index (χ1n) is 7.74. The molecular weight excluding hydrogens is 224 g/mol. The van der Waals surface area contributed by atoms with Crippen molar-refractivity contribution >= 4 is 0 Å². The Morgan fingerprint density at radius 3 is 2.67 bits per heavy atom. The Balaban J connectivity index is 2.34. The summed E-state index contributed by atoms with van der Waals surface area (Å²) in [5, 5.41) is 3.65. The Hall–Kier alpha value is -0.120. The van der Waals surface area contributed by atoms with E-state index >= 15 is 0 Å². The Labute approximate surface area is 113 Å². The van der Waals surface area contributed by atoms with Gasteiger partial charge in [0, 0.05) is 25.2 Å². The molecule has 3 nitrogen and oxygen atoms in total. The molecule has 1 fully saturated rings. The van der Waals surface area contributed by atoms with E-state index in [1.165, 1.54) is 32.1 Å². The molecule has 0 saturated carbocycles. The van der Waals surface area contributed by atoms with Crippen molar-refractivity contribution in [3.05, 3.63) is 0 Å². The highest BCUT2D eigenvalue weighted by atomic mass is 16.5. The molecule has 0 spiro atoms. The first-order chi connectivity index (χ1) is 8.69. The molecule has 1 N–H and O–H groups in total. The lowest BCUT2D eigenvalue weighted by Gasteiger charge is -2.35. The highest BCUT2D eigenvalue weighted by molar-refractivity contribution is 4.80. The molecule has 0 aliphatic carbocycles. The van der Waals surface area contributed by atoms with E-state index in [4.69, 9.17) is 4.74 Å². The topological polar surface area (TPSA) is 24.5 Å². The number of nitrogens with one attached hydrogen (secondary N) is 1. The summed E-state index contributed by atoms with van der Waals surface area (Å²) >= 11 is 0. The summed E-state index contributed by atoms with van der Waals surface area (Å²) in [7, 11) is 2.24. The summed E-state index contributed by atoms with van der Waals surface area (Å²) in [5.74, 6) is 0. The molecule has 1 aliphatic rings. The molecule has 1 saturated heterocycles. The van der Waals surface area contributed by atoms with Gasteiger partial charge >= 0.3 is 0 Å². The summed E-state index contributed by atoms with van der Waals surface area (Å²) in [6.07, 6.45) is 6.66. The summed E-state index contributed by atoms with van der Waals surface area (Å²) in [4.78, 5) is 2.47. The second kappa shape index (κ2) is 8.89. The van der Waals surface area contributed by atoms with Crippen LogP contribution in [0, 0.1) is 0 Å². The van der Waals surface area contributed by atoms with Crippen molar-refractivity contribution in [2.24, 2.45) is 0 Å². The number of hydrogen-bond donors (Lipinski definition) is 1. The lowest BCUT2D eigenvalue weighted by atomic mass is 10.0. The van der Waals surface area contributed by atoms with E-state index in [0.717, 1.165) is 19.7 Å². The zero-order valence-corrected chi connectivity index (χ0v) is 12.7. The van der Waals surface area contributed by atoms with E-state index in [2.05, 4.69) is 38.0 Å². The van der Waals surface area contributed by atoms with Crippen molar-refractivity contribution in [3.8, 4) is 0 Å². The first-order valence-corrected chi connectivity index (χ1v) is 7.74. The summed E-state index contributed by atoms with van der Waals surface area (Å²) in [6.45, 7) is 9.98. The van der Waals surface area contributed by atoms with Crippen LogP contribution in [0.3, 0.4) is 0 Å². The molecule has 3 unspecified atom stereocenters. The quantitative estimate of drug-likeness (QED) is 0.722. The smallest absolute Gasteiger partial charge is 0.0702 e. The lowest BCUT2D eigenvalue weighted by molar-refractivity contribution is -0.00964. The van der Waals surface area contributed by atoms with Gasteiger partial charge in [0.1, 0.15) is 0 Å². The van der Waals surface area contributed by atoms with Crippen LogP contribution in [0.5, 0.6) is 0 Å². The van der Waals surface area contributed by atoms with Crippen molar-refractivity contribution in [1.82, 2.24) is 10.2 Å². The number of likely N-dealkylation sites (N-methyl/N-ethyl adjacent to an activating group) is 1. The fourth-order valence-electron chi connectivity index (χ4n) is 2.73. The van der Waals surface area contributed by atoms with Crippen molar-refractivity contribution in [1.29, 1.82) is 0 Å². The third-order valence-corrected chi connectivity index (χ3v) is 4.14. The fourth-order valence-corrected chi connectivity index (χ4v) is 2.73. The standard InChI is InChI=1S/C15H32N2O/c1-5-10-16-15(6-2)13(3)17(4)12-14-9-7-8-11-18-14/h13-16H,5-12H2,1-4H3. The second-order valence-corrected chi connectivity index (χ2v) is 5.64. The third-order valence-electron chi connectivity index (χ3n) is 4.14. The molecule has 0 bridgehead atoms. The van der Waals surface area contributed by atoms with Crippen LogP contribution in [0.1, 0.15) is 52.9 Å². The zero-order valence-electron chi connectivity index (χ0n) is 12.7. The average Bonchev–Trinajstić information content (AvgIpc) is 2.40. The van der Waals surface area contributed by atoms with Crippen molar-refractivity contribution in [3.63, 3.8) is 0 Å². The predicted molar refractivity (Wildman–Crippen MR) is 78.1 cm³/mol. The first kappa shape index (κ1) is 15.9.